The Kier molecular flexibility index (Phi) is 6.73. The minimum atomic E-state index is -0.856. The predicted octanol–water partition coefficient (Wildman–Crippen LogP) is 2.03. The number of nitrogens with one attached hydrogen (secondary N) is 2. The largest absolute Gasteiger partial charge is 0.493 e. The van der Waals surface area contributed by atoms with Crippen LogP contribution in [-0.4, -0.2) is 32.2 Å². The molecule has 0 fully saturated rings. The van der Waals surface area contributed by atoms with Crippen LogP contribution in [0.2, 0.25) is 0 Å². The van der Waals surface area contributed by atoms with Crippen molar-refractivity contribution in [2.24, 2.45) is 5.10 Å². The Bertz CT molecular complexity index is 791. The minimum Gasteiger partial charge on any atom is -0.493 e. The van der Waals surface area contributed by atoms with Gasteiger partial charge < -0.3 is 14.8 Å². The summed E-state index contributed by atoms with van der Waals surface area (Å²) in [4.78, 5) is 23.8. The molecule has 0 bridgehead atoms. The van der Waals surface area contributed by atoms with Crippen molar-refractivity contribution in [1.29, 1.82) is 0 Å². The highest BCUT2D eigenvalue weighted by Crippen LogP contribution is 2.29. The van der Waals surface area contributed by atoms with Gasteiger partial charge in [-0.2, -0.15) is 5.10 Å². The van der Waals surface area contributed by atoms with Crippen molar-refractivity contribution < 1.29 is 19.1 Å². The number of hydrazone groups is 1. The number of amides is 2. The second-order valence-corrected chi connectivity index (χ2v) is 5.39. The number of ether oxygens (including phenoxy) is 2. The van der Waals surface area contributed by atoms with Gasteiger partial charge in [0.15, 0.2) is 11.5 Å². The second-order valence-electron chi connectivity index (χ2n) is 5.39. The van der Waals surface area contributed by atoms with E-state index in [1.165, 1.54) is 20.4 Å². The lowest BCUT2D eigenvalue weighted by atomic mass is 10.1. The quantitative estimate of drug-likeness (QED) is 0.471. The number of carbonyl (C=O) groups excluding carboxylic acids is 2. The van der Waals surface area contributed by atoms with E-state index in [0.29, 0.717) is 17.1 Å². The fraction of sp³-hybridized carbons (Fsp3) is 0.211. The molecule has 0 saturated carbocycles. The van der Waals surface area contributed by atoms with Crippen LogP contribution in [0.1, 0.15) is 24.1 Å². The average molecular weight is 355 g/mol. The summed E-state index contributed by atoms with van der Waals surface area (Å²) in [5.74, 6) is -0.602. The molecule has 0 spiro atoms. The number of carbonyl (C=O) groups is 2. The van der Waals surface area contributed by atoms with Crippen molar-refractivity contribution in [3.05, 3.63) is 59.7 Å². The summed E-state index contributed by atoms with van der Waals surface area (Å²) in [5, 5.41) is 6.42. The van der Waals surface area contributed by atoms with Crippen LogP contribution in [0.25, 0.3) is 0 Å². The maximum Gasteiger partial charge on any atom is 0.329 e. The number of hydrogen-bond acceptors (Lipinski definition) is 5. The number of methoxy groups -OCH3 is 2. The first-order valence-corrected chi connectivity index (χ1v) is 7.96. The number of hydrogen-bond donors (Lipinski definition) is 2. The van der Waals surface area contributed by atoms with E-state index in [9.17, 15) is 9.59 Å². The van der Waals surface area contributed by atoms with Gasteiger partial charge in [0.2, 0.25) is 0 Å². The number of benzene rings is 2. The molecule has 2 amide bonds. The fourth-order valence-corrected chi connectivity index (χ4v) is 2.31. The van der Waals surface area contributed by atoms with Gasteiger partial charge in [-0.3, -0.25) is 9.59 Å². The van der Waals surface area contributed by atoms with E-state index in [-0.39, 0.29) is 6.04 Å². The molecule has 0 aliphatic heterocycles. The molecule has 7 heteroatoms. The first-order chi connectivity index (χ1) is 12.6. The Morgan fingerprint density at radius 3 is 2.38 bits per heavy atom. The molecular formula is C19H21N3O4. The molecule has 0 aliphatic carbocycles. The van der Waals surface area contributed by atoms with E-state index in [2.05, 4.69) is 15.8 Å². The third-order valence-electron chi connectivity index (χ3n) is 3.66. The molecule has 0 aromatic heterocycles. The Morgan fingerprint density at radius 1 is 1.00 bits per heavy atom. The van der Waals surface area contributed by atoms with Gasteiger partial charge >= 0.3 is 11.8 Å². The van der Waals surface area contributed by atoms with Gasteiger partial charge in [0, 0.05) is 5.56 Å². The van der Waals surface area contributed by atoms with Crippen LogP contribution < -0.4 is 20.2 Å². The Morgan fingerprint density at radius 2 is 1.73 bits per heavy atom. The highest BCUT2D eigenvalue weighted by Gasteiger charge is 2.16. The van der Waals surface area contributed by atoms with Crippen molar-refractivity contribution in [2.45, 2.75) is 13.0 Å². The topological polar surface area (TPSA) is 89.0 Å². The monoisotopic (exact) mass is 355 g/mol. The van der Waals surface area contributed by atoms with E-state index < -0.39 is 11.8 Å². The first kappa shape index (κ1) is 19.0. The molecule has 2 N–H and O–H groups in total. The number of para-hydroxylation sites is 1. The first-order valence-electron chi connectivity index (χ1n) is 7.96. The van der Waals surface area contributed by atoms with E-state index in [1.54, 1.807) is 25.1 Å². The maximum atomic E-state index is 12.0. The maximum absolute atomic E-state index is 12.0. The average Bonchev–Trinajstić information content (AvgIpc) is 2.68. The summed E-state index contributed by atoms with van der Waals surface area (Å²) in [6.07, 6.45) is 1.38. The summed E-state index contributed by atoms with van der Waals surface area (Å²) in [5.41, 5.74) is 3.70. The standard InChI is InChI=1S/C19H21N3O4/c1-13(14-8-5-4-6-9-14)21-18(23)19(24)22-20-12-15-10-7-11-16(25-2)17(15)26-3/h4-13H,1-3H3,(H,21,23)(H,22,24)/t13-/m1/s1. The molecular weight excluding hydrogens is 334 g/mol. The third-order valence-corrected chi connectivity index (χ3v) is 3.66. The van der Waals surface area contributed by atoms with Gasteiger partial charge in [-0.05, 0) is 24.6 Å². The fourth-order valence-electron chi connectivity index (χ4n) is 2.31. The normalized spacial score (nSPS) is 11.7. The molecule has 26 heavy (non-hydrogen) atoms. The van der Waals surface area contributed by atoms with Crippen LogP contribution in [-0.2, 0) is 9.59 Å². The minimum absolute atomic E-state index is 0.295. The van der Waals surface area contributed by atoms with Crippen LogP contribution >= 0.6 is 0 Å². The van der Waals surface area contributed by atoms with E-state index in [4.69, 9.17) is 9.47 Å². The molecule has 0 radical (unpaired) electrons. The SMILES string of the molecule is COc1cccc(C=NNC(=O)C(=O)N[C@H](C)c2ccccc2)c1OC. The van der Waals surface area contributed by atoms with Gasteiger partial charge in [0.1, 0.15) is 0 Å². The number of rotatable bonds is 6. The summed E-state index contributed by atoms with van der Waals surface area (Å²) in [7, 11) is 3.03. The Hall–Kier alpha value is -3.35. The van der Waals surface area contributed by atoms with Crippen LogP contribution in [0, 0.1) is 0 Å². The lowest BCUT2D eigenvalue weighted by molar-refractivity contribution is -0.139. The molecule has 0 aliphatic rings. The smallest absolute Gasteiger partial charge is 0.329 e. The Labute approximate surface area is 152 Å². The third kappa shape index (κ3) is 4.83. The van der Waals surface area contributed by atoms with Crippen molar-refractivity contribution >= 4 is 18.0 Å². The number of nitrogens with zero attached hydrogens (tertiary/aromatic N) is 1. The van der Waals surface area contributed by atoms with Crippen LogP contribution in [0.15, 0.2) is 53.6 Å². The van der Waals surface area contributed by atoms with Crippen molar-refractivity contribution in [3.8, 4) is 11.5 Å². The van der Waals surface area contributed by atoms with Gasteiger partial charge in [-0.15, -0.1) is 0 Å². The second kappa shape index (κ2) is 9.22. The van der Waals surface area contributed by atoms with Crippen molar-refractivity contribution in [2.75, 3.05) is 14.2 Å². The van der Waals surface area contributed by atoms with Gasteiger partial charge in [-0.25, -0.2) is 5.43 Å². The van der Waals surface area contributed by atoms with Gasteiger partial charge in [0.25, 0.3) is 0 Å². The summed E-state index contributed by atoms with van der Waals surface area (Å²) in [6, 6.07) is 14.3. The highest BCUT2D eigenvalue weighted by molar-refractivity contribution is 6.35. The molecule has 0 saturated heterocycles. The lowest BCUT2D eigenvalue weighted by Gasteiger charge is -2.13. The van der Waals surface area contributed by atoms with Crippen LogP contribution in [0.4, 0.5) is 0 Å². The molecule has 1 atom stereocenters. The van der Waals surface area contributed by atoms with Crippen LogP contribution in [0.5, 0.6) is 11.5 Å². The lowest BCUT2D eigenvalue weighted by Crippen LogP contribution is -2.39. The zero-order valence-electron chi connectivity index (χ0n) is 14.9. The molecule has 0 heterocycles. The molecule has 2 aromatic rings. The van der Waals surface area contributed by atoms with E-state index in [0.717, 1.165) is 5.56 Å². The summed E-state index contributed by atoms with van der Waals surface area (Å²) >= 11 is 0. The van der Waals surface area contributed by atoms with Gasteiger partial charge in [0.05, 0.1) is 26.5 Å². The zero-order valence-corrected chi connectivity index (χ0v) is 14.9. The molecule has 7 nitrogen and oxygen atoms in total. The molecule has 2 aromatic carbocycles. The van der Waals surface area contributed by atoms with E-state index >= 15 is 0 Å². The molecule has 2 rings (SSSR count). The molecule has 0 unspecified atom stereocenters. The zero-order chi connectivity index (χ0) is 18.9. The predicted molar refractivity (Wildman–Crippen MR) is 98.3 cm³/mol. The Balaban J connectivity index is 1.96. The van der Waals surface area contributed by atoms with Crippen molar-refractivity contribution in [3.63, 3.8) is 0 Å². The summed E-state index contributed by atoms with van der Waals surface area (Å²) < 4.78 is 10.5. The highest BCUT2D eigenvalue weighted by atomic mass is 16.5. The summed E-state index contributed by atoms with van der Waals surface area (Å²) in [6.45, 7) is 1.80. The molecule has 136 valence electrons. The van der Waals surface area contributed by atoms with Gasteiger partial charge in [-0.1, -0.05) is 36.4 Å². The van der Waals surface area contributed by atoms with Crippen molar-refractivity contribution in [1.82, 2.24) is 10.7 Å². The van der Waals surface area contributed by atoms with Crippen LogP contribution in [0.3, 0.4) is 0 Å². The van der Waals surface area contributed by atoms with E-state index in [1.807, 2.05) is 30.3 Å².